The van der Waals surface area contributed by atoms with Crippen LogP contribution in [0.3, 0.4) is 0 Å². The smallest absolute Gasteiger partial charge is 0.187 e. The zero-order valence-corrected chi connectivity index (χ0v) is 15.2. The second-order valence-electron chi connectivity index (χ2n) is 3.73. The fraction of sp³-hybridized carbons (Fsp3) is 0. The quantitative estimate of drug-likeness (QED) is 0.311. The summed E-state index contributed by atoms with van der Waals surface area (Å²) in [6.07, 6.45) is 0. The SMILES string of the molecule is Clc1cc(Br)c2c(c1)Oc1c(Br)cc(Cl)c(Br)c1O2. The fourth-order valence-corrected chi connectivity index (χ4v) is 3.72. The van der Waals surface area contributed by atoms with Gasteiger partial charge in [0.15, 0.2) is 23.0 Å². The molecule has 0 aromatic heterocycles. The van der Waals surface area contributed by atoms with Crippen LogP contribution in [0.4, 0.5) is 0 Å². The van der Waals surface area contributed by atoms with E-state index in [0.717, 1.165) is 0 Å². The Kier molecular flexibility index (Phi) is 3.77. The molecule has 1 aliphatic heterocycles. The van der Waals surface area contributed by atoms with Gasteiger partial charge in [-0.2, -0.15) is 0 Å². The number of rotatable bonds is 0. The number of halogens is 5. The second-order valence-corrected chi connectivity index (χ2v) is 7.08. The fourth-order valence-electron chi connectivity index (χ4n) is 1.67. The van der Waals surface area contributed by atoms with Crippen LogP contribution in [0.5, 0.6) is 23.0 Å². The zero-order valence-electron chi connectivity index (χ0n) is 8.94. The van der Waals surface area contributed by atoms with Crippen LogP contribution in [-0.4, -0.2) is 0 Å². The van der Waals surface area contributed by atoms with Crippen molar-refractivity contribution in [3.8, 4) is 23.0 Å². The topological polar surface area (TPSA) is 18.5 Å². The molecule has 0 aliphatic carbocycles. The average molecular weight is 490 g/mol. The van der Waals surface area contributed by atoms with Crippen LogP contribution in [0, 0.1) is 0 Å². The summed E-state index contributed by atoms with van der Waals surface area (Å²) in [6, 6.07) is 5.17. The summed E-state index contributed by atoms with van der Waals surface area (Å²) in [6.45, 7) is 0. The van der Waals surface area contributed by atoms with Crippen molar-refractivity contribution >= 4 is 71.0 Å². The van der Waals surface area contributed by atoms with Crippen molar-refractivity contribution in [2.75, 3.05) is 0 Å². The molecule has 0 saturated carbocycles. The maximum Gasteiger partial charge on any atom is 0.187 e. The van der Waals surface area contributed by atoms with Crippen LogP contribution < -0.4 is 9.47 Å². The van der Waals surface area contributed by atoms with E-state index in [2.05, 4.69) is 47.8 Å². The Hall–Kier alpha value is 0.0600. The molecule has 7 heteroatoms. The molecular formula is C12H3Br3Cl2O2. The lowest BCUT2D eigenvalue weighted by Crippen LogP contribution is -2.01. The minimum Gasteiger partial charge on any atom is -0.448 e. The highest BCUT2D eigenvalue weighted by molar-refractivity contribution is 9.11. The monoisotopic (exact) mass is 486 g/mol. The molecule has 98 valence electrons. The van der Waals surface area contributed by atoms with Crippen molar-refractivity contribution < 1.29 is 9.47 Å². The number of fused-ring (bicyclic) bond motifs is 2. The Morgan fingerprint density at radius 3 is 2.21 bits per heavy atom. The van der Waals surface area contributed by atoms with E-state index >= 15 is 0 Å². The predicted octanol–water partition coefficient (Wildman–Crippen LogP) is 7.18. The van der Waals surface area contributed by atoms with E-state index in [1.165, 1.54) is 0 Å². The maximum absolute atomic E-state index is 6.10. The van der Waals surface area contributed by atoms with Gasteiger partial charge in [-0.25, -0.2) is 0 Å². The standard InChI is InChI=1S/C12H3Br3Cl2O2/c13-5-1-4(16)2-8-10(5)19-12-9(15)7(17)3-6(14)11(12)18-8/h1-3H. The number of ether oxygens (including phenoxy) is 2. The molecule has 0 fully saturated rings. The van der Waals surface area contributed by atoms with Crippen LogP contribution >= 0.6 is 71.0 Å². The van der Waals surface area contributed by atoms with Gasteiger partial charge in [-0.1, -0.05) is 23.2 Å². The summed E-state index contributed by atoms with van der Waals surface area (Å²) in [5.74, 6) is 2.18. The molecule has 0 bridgehead atoms. The molecule has 0 N–H and O–H groups in total. The Labute approximate surface area is 144 Å². The first-order chi connectivity index (χ1) is 8.97. The first kappa shape index (κ1) is 14.0. The molecule has 0 unspecified atom stereocenters. The highest BCUT2D eigenvalue weighted by Gasteiger charge is 2.27. The first-order valence-electron chi connectivity index (χ1n) is 4.99. The molecule has 19 heavy (non-hydrogen) atoms. The van der Waals surface area contributed by atoms with Gasteiger partial charge in [0.25, 0.3) is 0 Å². The van der Waals surface area contributed by atoms with Gasteiger partial charge >= 0.3 is 0 Å². The van der Waals surface area contributed by atoms with Gasteiger partial charge < -0.3 is 9.47 Å². The van der Waals surface area contributed by atoms with E-state index in [1.54, 1.807) is 18.2 Å². The molecular weight excluding hydrogens is 487 g/mol. The average Bonchev–Trinajstić information content (AvgIpc) is 2.34. The molecule has 0 amide bonds. The summed E-state index contributed by atoms with van der Waals surface area (Å²) < 4.78 is 13.8. The second kappa shape index (κ2) is 5.11. The van der Waals surface area contributed by atoms with Gasteiger partial charge in [-0.05, 0) is 59.9 Å². The van der Waals surface area contributed by atoms with Crippen LogP contribution in [0.1, 0.15) is 0 Å². The molecule has 1 aliphatic rings. The van der Waals surface area contributed by atoms with Crippen molar-refractivity contribution in [3.05, 3.63) is 41.7 Å². The summed E-state index contributed by atoms with van der Waals surface area (Å²) in [5.41, 5.74) is 0. The third-order valence-corrected chi connectivity index (χ3v) is 5.19. The van der Waals surface area contributed by atoms with Crippen molar-refractivity contribution in [2.24, 2.45) is 0 Å². The summed E-state index contributed by atoms with van der Waals surface area (Å²) in [5, 5.41) is 1.09. The van der Waals surface area contributed by atoms with E-state index in [4.69, 9.17) is 32.7 Å². The van der Waals surface area contributed by atoms with Gasteiger partial charge in [-0.3, -0.25) is 0 Å². The van der Waals surface area contributed by atoms with Crippen molar-refractivity contribution in [3.63, 3.8) is 0 Å². The number of hydrogen-bond acceptors (Lipinski definition) is 2. The van der Waals surface area contributed by atoms with Crippen LogP contribution in [0.25, 0.3) is 0 Å². The normalized spacial score (nSPS) is 12.3. The largest absolute Gasteiger partial charge is 0.448 e. The molecule has 3 rings (SSSR count). The Bertz CT molecular complexity index is 704. The van der Waals surface area contributed by atoms with Crippen LogP contribution in [-0.2, 0) is 0 Å². The van der Waals surface area contributed by atoms with E-state index < -0.39 is 0 Å². The molecule has 0 radical (unpaired) electrons. The van der Waals surface area contributed by atoms with E-state index in [0.29, 0.717) is 46.5 Å². The summed E-state index contributed by atoms with van der Waals surface area (Å²) in [7, 11) is 0. The number of benzene rings is 2. The highest BCUT2D eigenvalue weighted by atomic mass is 79.9. The van der Waals surface area contributed by atoms with Gasteiger partial charge in [0.2, 0.25) is 0 Å². The molecule has 2 aromatic carbocycles. The van der Waals surface area contributed by atoms with Crippen molar-refractivity contribution in [2.45, 2.75) is 0 Å². The molecule has 1 heterocycles. The van der Waals surface area contributed by atoms with Gasteiger partial charge in [0.05, 0.1) is 18.4 Å². The predicted molar refractivity (Wildman–Crippen MR) is 86.2 cm³/mol. The molecule has 2 nitrogen and oxygen atoms in total. The summed E-state index contributed by atoms with van der Waals surface area (Å²) >= 11 is 22.3. The number of hydrogen-bond donors (Lipinski definition) is 0. The lowest BCUT2D eigenvalue weighted by molar-refractivity contribution is 0.354. The Balaban J connectivity index is 2.22. The third-order valence-electron chi connectivity index (χ3n) is 2.48. The minimum atomic E-state index is 0.523. The van der Waals surface area contributed by atoms with Gasteiger partial charge in [-0.15, -0.1) is 0 Å². The third kappa shape index (κ3) is 2.40. The molecule has 0 atom stereocenters. The first-order valence-corrected chi connectivity index (χ1v) is 8.13. The minimum absolute atomic E-state index is 0.523. The molecule has 0 saturated heterocycles. The van der Waals surface area contributed by atoms with E-state index in [-0.39, 0.29) is 0 Å². The van der Waals surface area contributed by atoms with E-state index in [1.807, 2.05) is 0 Å². The van der Waals surface area contributed by atoms with Crippen molar-refractivity contribution in [1.82, 2.24) is 0 Å². The molecule has 2 aromatic rings. The maximum atomic E-state index is 6.10. The van der Waals surface area contributed by atoms with Gasteiger partial charge in [0, 0.05) is 11.1 Å². The Morgan fingerprint density at radius 1 is 0.789 bits per heavy atom. The summed E-state index contributed by atoms with van der Waals surface area (Å²) in [4.78, 5) is 0. The Morgan fingerprint density at radius 2 is 1.47 bits per heavy atom. The van der Waals surface area contributed by atoms with E-state index in [9.17, 15) is 0 Å². The van der Waals surface area contributed by atoms with Crippen LogP contribution in [0.2, 0.25) is 10.0 Å². The lowest BCUT2D eigenvalue weighted by Gasteiger charge is -2.24. The molecule has 0 spiro atoms. The lowest BCUT2D eigenvalue weighted by atomic mass is 10.2. The zero-order chi connectivity index (χ0) is 13.7. The van der Waals surface area contributed by atoms with Crippen molar-refractivity contribution in [1.29, 1.82) is 0 Å². The van der Waals surface area contributed by atoms with Gasteiger partial charge in [0.1, 0.15) is 0 Å². The van der Waals surface area contributed by atoms with Crippen LogP contribution in [0.15, 0.2) is 31.6 Å². The highest BCUT2D eigenvalue weighted by Crippen LogP contribution is 2.55.